The van der Waals surface area contributed by atoms with E-state index >= 15 is 0 Å². The zero-order valence-electron chi connectivity index (χ0n) is 11.3. The maximum atomic E-state index is 9.60. The zero-order valence-corrected chi connectivity index (χ0v) is 11.3. The maximum Gasteiger partial charge on any atom is 0.498 e. The topological polar surface area (TPSA) is 38.7 Å². The van der Waals surface area contributed by atoms with Crippen LogP contribution in [0.5, 0.6) is 0 Å². The van der Waals surface area contributed by atoms with Crippen molar-refractivity contribution in [3.63, 3.8) is 0 Å². The van der Waals surface area contributed by atoms with Crippen LogP contribution >= 0.6 is 0 Å². The monoisotopic (exact) mass is 236 g/mol. The van der Waals surface area contributed by atoms with Gasteiger partial charge in [0.1, 0.15) is 5.76 Å². The van der Waals surface area contributed by atoms with E-state index in [0.717, 1.165) is 5.57 Å². The van der Waals surface area contributed by atoms with Crippen molar-refractivity contribution in [2.45, 2.75) is 45.8 Å². The van der Waals surface area contributed by atoms with E-state index in [-0.39, 0.29) is 5.76 Å². The van der Waals surface area contributed by atoms with Gasteiger partial charge in [-0.3, -0.25) is 0 Å². The summed E-state index contributed by atoms with van der Waals surface area (Å²) in [6.45, 7) is 17.0. The fraction of sp³-hybridized carbons (Fsp3) is 0.538. The third-order valence-corrected chi connectivity index (χ3v) is 3.24. The van der Waals surface area contributed by atoms with Gasteiger partial charge >= 0.3 is 7.12 Å². The minimum atomic E-state index is -0.603. The molecule has 4 heteroatoms. The molecule has 1 aliphatic rings. The first kappa shape index (κ1) is 14.1. The summed E-state index contributed by atoms with van der Waals surface area (Å²) in [4.78, 5) is 0. The Bertz CT molecular complexity index is 364. The maximum absolute atomic E-state index is 9.60. The van der Waals surface area contributed by atoms with E-state index in [2.05, 4.69) is 13.2 Å². The normalized spacial score (nSPS) is 22.6. The van der Waals surface area contributed by atoms with E-state index in [9.17, 15) is 5.11 Å². The molecule has 0 spiro atoms. The minimum absolute atomic E-state index is 0.0495. The van der Waals surface area contributed by atoms with Crippen LogP contribution in [0.3, 0.4) is 0 Å². The van der Waals surface area contributed by atoms with Gasteiger partial charge in [0.05, 0.1) is 11.2 Å². The number of allylic oxidation sites excluding steroid dienone is 3. The van der Waals surface area contributed by atoms with Crippen molar-refractivity contribution in [1.82, 2.24) is 0 Å². The lowest BCUT2D eigenvalue weighted by Crippen LogP contribution is -2.41. The molecule has 1 N–H and O–H groups in total. The minimum Gasteiger partial charge on any atom is -0.509 e. The predicted molar refractivity (Wildman–Crippen MR) is 70.7 cm³/mol. The smallest absolute Gasteiger partial charge is 0.498 e. The average molecular weight is 236 g/mol. The Morgan fingerprint density at radius 2 is 1.53 bits per heavy atom. The van der Waals surface area contributed by atoms with Crippen molar-refractivity contribution in [2.24, 2.45) is 0 Å². The molecule has 1 rings (SSSR count). The lowest BCUT2D eigenvalue weighted by atomic mass is 9.76. The van der Waals surface area contributed by atoms with E-state index in [1.54, 1.807) is 6.08 Å². The molecule has 17 heavy (non-hydrogen) atoms. The lowest BCUT2D eigenvalue weighted by Gasteiger charge is -2.32. The van der Waals surface area contributed by atoms with Gasteiger partial charge in [0.2, 0.25) is 0 Å². The molecule has 1 aliphatic heterocycles. The summed E-state index contributed by atoms with van der Waals surface area (Å²) in [5.41, 5.74) is 0.476. The van der Waals surface area contributed by atoms with Gasteiger partial charge in [-0.25, -0.2) is 0 Å². The molecule has 1 fully saturated rings. The van der Waals surface area contributed by atoms with Crippen molar-refractivity contribution < 1.29 is 14.4 Å². The lowest BCUT2D eigenvalue weighted by molar-refractivity contribution is 0.00578. The van der Waals surface area contributed by atoms with E-state index in [1.807, 2.05) is 34.6 Å². The number of aliphatic hydroxyl groups excluding tert-OH is 1. The van der Waals surface area contributed by atoms with E-state index < -0.39 is 18.3 Å². The highest BCUT2D eigenvalue weighted by Gasteiger charge is 2.52. The number of rotatable bonds is 3. The third-order valence-electron chi connectivity index (χ3n) is 3.24. The molecular formula is C13H21BO3. The molecule has 0 atom stereocenters. The third kappa shape index (κ3) is 2.82. The number of aliphatic hydroxyl groups is 1. The van der Waals surface area contributed by atoms with Crippen LogP contribution in [0.15, 0.2) is 36.0 Å². The van der Waals surface area contributed by atoms with Crippen molar-refractivity contribution in [1.29, 1.82) is 0 Å². The van der Waals surface area contributed by atoms with Crippen LogP contribution in [0.2, 0.25) is 0 Å². The van der Waals surface area contributed by atoms with Crippen LogP contribution in [-0.4, -0.2) is 23.4 Å². The quantitative estimate of drug-likeness (QED) is 0.464. The molecule has 0 amide bonds. The zero-order chi connectivity index (χ0) is 13.4. The standard InChI is InChI=1S/C13H21BO3/c1-9(2)8-11(10(3)15)14-16-12(4,5)13(6,7)17-14/h8,15H,1,3H2,2,4-7H3/b11-8+. The molecule has 0 aliphatic carbocycles. The van der Waals surface area contributed by atoms with Gasteiger partial charge in [-0.05, 0) is 34.6 Å². The number of hydrogen-bond acceptors (Lipinski definition) is 3. The molecule has 1 heterocycles. The molecule has 94 valence electrons. The Balaban J connectivity index is 3.03. The van der Waals surface area contributed by atoms with Crippen molar-refractivity contribution in [3.8, 4) is 0 Å². The highest BCUT2D eigenvalue weighted by molar-refractivity contribution is 6.56. The van der Waals surface area contributed by atoms with Crippen LogP contribution in [0.1, 0.15) is 34.6 Å². The van der Waals surface area contributed by atoms with Crippen LogP contribution in [0.4, 0.5) is 0 Å². The molecule has 0 unspecified atom stereocenters. The molecule has 1 saturated heterocycles. The van der Waals surface area contributed by atoms with Crippen molar-refractivity contribution >= 4 is 7.12 Å². The highest BCUT2D eigenvalue weighted by Crippen LogP contribution is 2.39. The fourth-order valence-electron chi connectivity index (χ4n) is 1.52. The van der Waals surface area contributed by atoms with Gasteiger partial charge in [-0.2, -0.15) is 0 Å². The van der Waals surface area contributed by atoms with Crippen LogP contribution in [0, 0.1) is 0 Å². The Hall–Kier alpha value is -0.995. The predicted octanol–water partition coefficient (Wildman–Crippen LogP) is 3.19. The summed E-state index contributed by atoms with van der Waals surface area (Å²) in [6, 6.07) is 0. The second-order valence-corrected chi connectivity index (χ2v) is 5.48. The summed E-state index contributed by atoms with van der Waals surface area (Å²) in [7, 11) is -0.603. The fourth-order valence-corrected chi connectivity index (χ4v) is 1.52. The first-order chi connectivity index (χ1) is 7.57. The molecule has 0 aromatic carbocycles. The summed E-state index contributed by atoms with van der Waals surface area (Å²) in [6.07, 6.45) is 1.73. The van der Waals surface area contributed by atoms with Gasteiger partial charge in [-0.1, -0.05) is 24.8 Å². The average Bonchev–Trinajstić information content (AvgIpc) is 2.31. The largest absolute Gasteiger partial charge is 0.509 e. The van der Waals surface area contributed by atoms with Crippen LogP contribution in [0.25, 0.3) is 0 Å². The Morgan fingerprint density at radius 1 is 1.12 bits per heavy atom. The molecule has 0 bridgehead atoms. The summed E-state index contributed by atoms with van der Waals surface area (Å²) >= 11 is 0. The molecular weight excluding hydrogens is 215 g/mol. The second kappa shape index (κ2) is 4.35. The van der Waals surface area contributed by atoms with Gasteiger partial charge in [0.15, 0.2) is 0 Å². The van der Waals surface area contributed by atoms with E-state index in [4.69, 9.17) is 9.31 Å². The first-order valence-corrected chi connectivity index (χ1v) is 5.68. The van der Waals surface area contributed by atoms with Crippen LogP contribution < -0.4 is 0 Å². The Morgan fingerprint density at radius 3 is 1.82 bits per heavy atom. The summed E-state index contributed by atoms with van der Waals surface area (Å²) in [5, 5.41) is 9.60. The van der Waals surface area contributed by atoms with Gasteiger partial charge < -0.3 is 14.4 Å². The summed E-state index contributed by atoms with van der Waals surface area (Å²) in [5.74, 6) is -0.0495. The van der Waals surface area contributed by atoms with Gasteiger partial charge in [0.25, 0.3) is 0 Å². The Labute approximate surface area is 104 Å². The van der Waals surface area contributed by atoms with Crippen molar-refractivity contribution in [3.05, 3.63) is 36.0 Å². The Kier molecular flexibility index (Phi) is 3.60. The van der Waals surface area contributed by atoms with E-state index in [0.29, 0.717) is 5.47 Å². The van der Waals surface area contributed by atoms with Crippen molar-refractivity contribution in [2.75, 3.05) is 0 Å². The molecule has 3 nitrogen and oxygen atoms in total. The molecule has 0 radical (unpaired) electrons. The van der Waals surface area contributed by atoms with E-state index in [1.165, 1.54) is 0 Å². The van der Waals surface area contributed by atoms with Crippen LogP contribution in [-0.2, 0) is 9.31 Å². The van der Waals surface area contributed by atoms with Gasteiger partial charge in [-0.15, -0.1) is 0 Å². The second-order valence-electron chi connectivity index (χ2n) is 5.48. The highest BCUT2D eigenvalue weighted by atomic mass is 16.7. The number of hydrogen-bond donors (Lipinski definition) is 1. The first-order valence-electron chi connectivity index (χ1n) is 5.68. The summed E-state index contributed by atoms with van der Waals surface area (Å²) < 4.78 is 11.7. The van der Waals surface area contributed by atoms with Gasteiger partial charge in [0, 0.05) is 5.47 Å². The molecule has 0 aromatic rings. The SMILES string of the molecule is C=C(C)/C=C(/B1OC(C)(C)C(C)(C)O1)C(=C)O. The molecule has 0 aromatic heterocycles. The molecule has 0 saturated carbocycles.